The standard InChI is InChI=1S/C13H20ClN3O/c1-3-17(4-2)9-6-10-18-13-11(12(14)15)7-5-8-16-13/h5,7-8,15H,3-4,6,9-10H2,1-2H3. The highest BCUT2D eigenvalue weighted by Crippen LogP contribution is 2.16. The van der Waals surface area contributed by atoms with Crippen molar-refractivity contribution in [2.45, 2.75) is 20.3 Å². The maximum absolute atomic E-state index is 7.42. The fourth-order valence-electron chi connectivity index (χ4n) is 1.67. The van der Waals surface area contributed by atoms with Crippen molar-refractivity contribution in [3.05, 3.63) is 23.9 Å². The number of hydrogen-bond acceptors (Lipinski definition) is 4. The third-order valence-electron chi connectivity index (χ3n) is 2.76. The molecule has 1 N–H and O–H groups in total. The minimum Gasteiger partial charge on any atom is -0.477 e. The smallest absolute Gasteiger partial charge is 0.223 e. The van der Waals surface area contributed by atoms with Crippen molar-refractivity contribution in [1.82, 2.24) is 9.88 Å². The van der Waals surface area contributed by atoms with Gasteiger partial charge in [-0.2, -0.15) is 0 Å². The minimum atomic E-state index is -0.0400. The van der Waals surface area contributed by atoms with Crippen LogP contribution in [0.4, 0.5) is 0 Å². The summed E-state index contributed by atoms with van der Waals surface area (Å²) in [6, 6.07) is 3.48. The number of rotatable bonds is 8. The lowest BCUT2D eigenvalue weighted by Gasteiger charge is -2.17. The van der Waals surface area contributed by atoms with Gasteiger partial charge in [0.15, 0.2) is 0 Å². The molecule has 4 nitrogen and oxygen atoms in total. The second-order valence-electron chi connectivity index (χ2n) is 3.90. The average Bonchev–Trinajstić information content (AvgIpc) is 2.39. The lowest BCUT2D eigenvalue weighted by Crippen LogP contribution is -2.25. The van der Waals surface area contributed by atoms with Gasteiger partial charge in [0.1, 0.15) is 5.17 Å². The first-order valence-electron chi connectivity index (χ1n) is 6.23. The molecule has 0 atom stereocenters. The van der Waals surface area contributed by atoms with E-state index in [1.54, 1.807) is 18.3 Å². The molecule has 0 saturated carbocycles. The molecule has 5 heteroatoms. The summed E-state index contributed by atoms with van der Waals surface area (Å²) in [5.41, 5.74) is 0.544. The molecule has 1 aromatic rings. The van der Waals surface area contributed by atoms with Gasteiger partial charge in [-0.15, -0.1) is 0 Å². The van der Waals surface area contributed by atoms with Gasteiger partial charge in [0.2, 0.25) is 5.88 Å². The number of aromatic nitrogens is 1. The third-order valence-corrected chi connectivity index (χ3v) is 2.96. The zero-order chi connectivity index (χ0) is 13.4. The maximum atomic E-state index is 7.42. The van der Waals surface area contributed by atoms with Crippen LogP contribution in [0.1, 0.15) is 25.8 Å². The van der Waals surface area contributed by atoms with Crippen LogP contribution in [-0.2, 0) is 0 Å². The molecule has 0 aliphatic heterocycles. The number of hydrogen-bond donors (Lipinski definition) is 1. The summed E-state index contributed by atoms with van der Waals surface area (Å²) < 4.78 is 5.57. The number of nitrogens with one attached hydrogen (secondary N) is 1. The molecule has 0 fully saturated rings. The summed E-state index contributed by atoms with van der Waals surface area (Å²) in [6.45, 7) is 8.00. The predicted octanol–water partition coefficient (Wildman–Crippen LogP) is 2.76. The number of nitrogens with zero attached hydrogens (tertiary/aromatic N) is 2. The minimum absolute atomic E-state index is 0.0400. The molecule has 100 valence electrons. The van der Waals surface area contributed by atoms with Crippen molar-refractivity contribution in [2.24, 2.45) is 0 Å². The normalized spacial score (nSPS) is 10.7. The SMILES string of the molecule is CCN(CC)CCCOc1ncccc1C(=N)Cl. The van der Waals surface area contributed by atoms with Crippen LogP contribution in [0.25, 0.3) is 0 Å². The molecule has 0 spiro atoms. The van der Waals surface area contributed by atoms with Crippen LogP contribution in [0, 0.1) is 5.41 Å². The van der Waals surface area contributed by atoms with Gasteiger partial charge in [-0.25, -0.2) is 4.98 Å². The van der Waals surface area contributed by atoms with E-state index < -0.39 is 0 Å². The molecule has 0 aliphatic carbocycles. The van der Waals surface area contributed by atoms with E-state index >= 15 is 0 Å². The second kappa shape index (κ2) is 8.06. The van der Waals surface area contributed by atoms with E-state index in [2.05, 4.69) is 23.7 Å². The molecule has 0 saturated heterocycles. The average molecular weight is 270 g/mol. The Morgan fingerprint density at radius 2 is 2.17 bits per heavy atom. The lowest BCUT2D eigenvalue weighted by molar-refractivity contribution is 0.244. The largest absolute Gasteiger partial charge is 0.477 e. The van der Waals surface area contributed by atoms with E-state index in [9.17, 15) is 0 Å². The molecular weight excluding hydrogens is 250 g/mol. The van der Waals surface area contributed by atoms with E-state index in [-0.39, 0.29) is 5.17 Å². The molecule has 0 bridgehead atoms. The fourth-order valence-corrected chi connectivity index (χ4v) is 1.81. The number of halogens is 1. The van der Waals surface area contributed by atoms with Crippen molar-refractivity contribution >= 4 is 16.8 Å². The molecule has 0 unspecified atom stereocenters. The van der Waals surface area contributed by atoms with Crippen LogP contribution in [0.2, 0.25) is 0 Å². The highest BCUT2D eigenvalue weighted by molar-refractivity contribution is 6.68. The van der Waals surface area contributed by atoms with E-state index in [1.165, 1.54) is 0 Å². The topological polar surface area (TPSA) is 49.2 Å². The van der Waals surface area contributed by atoms with E-state index in [0.29, 0.717) is 18.1 Å². The van der Waals surface area contributed by atoms with E-state index in [4.69, 9.17) is 21.7 Å². The molecule has 1 rings (SSSR count). The summed E-state index contributed by atoms with van der Waals surface area (Å²) in [5.74, 6) is 0.442. The first kappa shape index (κ1) is 14.9. The fraction of sp³-hybridized carbons (Fsp3) is 0.538. The molecular formula is C13H20ClN3O. The zero-order valence-electron chi connectivity index (χ0n) is 10.9. The van der Waals surface area contributed by atoms with Crippen LogP contribution < -0.4 is 4.74 Å². The van der Waals surface area contributed by atoms with Gasteiger partial charge in [-0.05, 0) is 31.6 Å². The number of ether oxygens (including phenoxy) is 1. The first-order valence-corrected chi connectivity index (χ1v) is 6.61. The maximum Gasteiger partial charge on any atom is 0.223 e. The Balaban J connectivity index is 2.42. The molecule has 0 aromatic carbocycles. The Bertz CT molecular complexity index is 380. The predicted molar refractivity (Wildman–Crippen MR) is 74.8 cm³/mol. The quantitative estimate of drug-likeness (QED) is 0.583. The van der Waals surface area contributed by atoms with Crippen molar-refractivity contribution < 1.29 is 4.74 Å². The van der Waals surface area contributed by atoms with E-state index in [0.717, 1.165) is 26.1 Å². The van der Waals surface area contributed by atoms with Crippen molar-refractivity contribution in [3.63, 3.8) is 0 Å². The molecule has 18 heavy (non-hydrogen) atoms. The Kier molecular flexibility index (Phi) is 6.68. The summed E-state index contributed by atoms with van der Waals surface area (Å²) in [5, 5.41) is 7.38. The van der Waals surface area contributed by atoms with Crippen molar-refractivity contribution in [1.29, 1.82) is 5.41 Å². The summed E-state index contributed by atoms with van der Waals surface area (Å²) in [4.78, 5) is 6.44. The van der Waals surface area contributed by atoms with Gasteiger partial charge < -0.3 is 9.64 Å². The van der Waals surface area contributed by atoms with Crippen LogP contribution in [-0.4, -0.2) is 41.3 Å². The van der Waals surface area contributed by atoms with Crippen molar-refractivity contribution in [2.75, 3.05) is 26.2 Å². The Labute approximate surface area is 113 Å². The monoisotopic (exact) mass is 269 g/mol. The van der Waals surface area contributed by atoms with Gasteiger partial charge in [0.25, 0.3) is 0 Å². The first-order chi connectivity index (χ1) is 8.69. The molecule has 0 amide bonds. The Morgan fingerprint density at radius 3 is 2.78 bits per heavy atom. The summed E-state index contributed by atoms with van der Waals surface area (Å²) in [7, 11) is 0. The molecule has 0 radical (unpaired) electrons. The summed E-state index contributed by atoms with van der Waals surface area (Å²) in [6.07, 6.45) is 2.58. The van der Waals surface area contributed by atoms with Gasteiger partial charge in [-0.1, -0.05) is 25.4 Å². The van der Waals surface area contributed by atoms with Gasteiger partial charge in [-0.3, -0.25) is 5.41 Å². The van der Waals surface area contributed by atoms with Crippen LogP contribution in [0.5, 0.6) is 5.88 Å². The van der Waals surface area contributed by atoms with Gasteiger partial charge in [0.05, 0.1) is 12.2 Å². The Morgan fingerprint density at radius 1 is 1.44 bits per heavy atom. The molecule has 0 aliphatic rings. The third kappa shape index (κ3) is 4.63. The summed E-state index contributed by atoms with van der Waals surface area (Å²) >= 11 is 5.67. The van der Waals surface area contributed by atoms with E-state index in [1.807, 2.05) is 0 Å². The van der Waals surface area contributed by atoms with Crippen LogP contribution in [0.15, 0.2) is 18.3 Å². The zero-order valence-corrected chi connectivity index (χ0v) is 11.7. The second-order valence-corrected chi connectivity index (χ2v) is 4.28. The highest BCUT2D eigenvalue weighted by Gasteiger charge is 2.08. The molecule has 1 heterocycles. The van der Waals surface area contributed by atoms with Crippen molar-refractivity contribution in [3.8, 4) is 5.88 Å². The Hall–Kier alpha value is -1.13. The van der Waals surface area contributed by atoms with Crippen LogP contribution >= 0.6 is 11.6 Å². The molecule has 1 aromatic heterocycles. The number of pyridine rings is 1. The lowest BCUT2D eigenvalue weighted by atomic mass is 10.3. The van der Waals surface area contributed by atoms with Gasteiger partial charge in [0, 0.05) is 12.7 Å². The highest BCUT2D eigenvalue weighted by atomic mass is 35.5. The van der Waals surface area contributed by atoms with Crippen LogP contribution in [0.3, 0.4) is 0 Å². The van der Waals surface area contributed by atoms with Gasteiger partial charge >= 0.3 is 0 Å².